The number of ether oxygens (including phenoxy) is 1. The highest BCUT2D eigenvalue weighted by atomic mass is 127. The van der Waals surface area contributed by atoms with E-state index in [9.17, 15) is 0 Å². The Balaban J connectivity index is 0.00000312. The maximum atomic E-state index is 5.23. The molecule has 0 radical (unpaired) electrons. The van der Waals surface area contributed by atoms with Crippen LogP contribution < -0.4 is 15.0 Å². The van der Waals surface area contributed by atoms with Gasteiger partial charge in [-0.15, -0.1) is 24.0 Å². The predicted molar refractivity (Wildman–Crippen MR) is 121 cm³/mol. The lowest BCUT2D eigenvalue weighted by molar-refractivity contribution is 0.372. The molecule has 142 valence electrons. The number of halogens is 1. The zero-order valence-corrected chi connectivity index (χ0v) is 18.8. The van der Waals surface area contributed by atoms with Crippen LogP contribution in [-0.4, -0.2) is 68.7 Å². The van der Waals surface area contributed by atoms with Gasteiger partial charge in [-0.2, -0.15) is 11.8 Å². The second-order valence-corrected chi connectivity index (χ2v) is 7.19. The number of piperazine rings is 1. The Kier molecular flexibility index (Phi) is 10.4. The van der Waals surface area contributed by atoms with Gasteiger partial charge in [-0.25, -0.2) is 0 Å². The summed E-state index contributed by atoms with van der Waals surface area (Å²) in [6.07, 6.45) is 2.14. The molecule has 1 aliphatic heterocycles. The monoisotopic (exact) mass is 478 g/mol. The number of hydrogen-bond donors (Lipinski definition) is 1. The molecule has 1 unspecified atom stereocenters. The van der Waals surface area contributed by atoms with Gasteiger partial charge in [-0.3, -0.25) is 4.99 Å². The average Bonchev–Trinajstić information content (AvgIpc) is 2.65. The molecule has 1 saturated heterocycles. The minimum Gasteiger partial charge on any atom is -0.497 e. The molecule has 0 saturated carbocycles. The summed E-state index contributed by atoms with van der Waals surface area (Å²) in [5, 5.41) is 3.99. The van der Waals surface area contributed by atoms with E-state index < -0.39 is 0 Å². The third-order valence-corrected chi connectivity index (χ3v) is 5.21. The smallest absolute Gasteiger partial charge is 0.194 e. The van der Waals surface area contributed by atoms with Crippen LogP contribution in [0.3, 0.4) is 0 Å². The molecular weight excluding hydrogens is 447 g/mol. The number of aliphatic imine (C=N–C) groups is 1. The lowest BCUT2D eigenvalue weighted by atomic mass is 10.2. The van der Waals surface area contributed by atoms with Gasteiger partial charge in [0.15, 0.2) is 5.96 Å². The van der Waals surface area contributed by atoms with Gasteiger partial charge in [-0.1, -0.05) is 6.92 Å². The van der Waals surface area contributed by atoms with E-state index in [2.05, 4.69) is 47.4 Å². The Morgan fingerprint density at radius 1 is 1.24 bits per heavy atom. The number of hydrogen-bond acceptors (Lipinski definition) is 4. The molecule has 0 amide bonds. The van der Waals surface area contributed by atoms with Crippen LogP contribution >= 0.6 is 35.7 Å². The van der Waals surface area contributed by atoms with Crippen molar-refractivity contribution in [3.63, 3.8) is 0 Å². The third kappa shape index (κ3) is 6.77. The zero-order chi connectivity index (χ0) is 17.4. The maximum absolute atomic E-state index is 5.23. The molecule has 0 bridgehead atoms. The molecule has 0 spiro atoms. The van der Waals surface area contributed by atoms with Gasteiger partial charge in [-0.05, 0) is 37.4 Å². The van der Waals surface area contributed by atoms with Gasteiger partial charge in [0.25, 0.3) is 0 Å². The summed E-state index contributed by atoms with van der Waals surface area (Å²) in [5.41, 5.74) is 1.26. The largest absolute Gasteiger partial charge is 0.497 e. The minimum absolute atomic E-state index is 0. The van der Waals surface area contributed by atoms with Crippen molar-refractivity contribution in [3.05, 3.63) is 24.3 Å². The molecule has 0 aromatic heterocycles. The van der Waals surface area contributed by atoms with Crippen molar-refractivity contribution in [3.8, 4) is 5.75 Å². The van der Waals surface area contributed by atoms with Crippen LogP contribution in [0.1, 0.15) is 13.8 Å². The fourth-order valence-electron chi connectivity index (χ4n) is 2.68. The fraction of sp³-hybridized carbons (Fsp3) is 0.611. The van der Waals surface area contributed by atoms with Crippen molar-refractivity contribution in [1.82, 2.24) is 10.2 Å². The van der Waals surface area contributed by atoms with Gasteiger partial charge in [0, 0.05) is 43.7 Å². The van der Waals surface area contributed by atoms with Crippen molar-refractivity contribution >= 4 is 47.4 Å². The average molecular weight is 478 g/mol. The summed E-state index contributed by atoms with van der Waals surface area (Å²) in [4.78, 5) is 9.60. The van der Waals surface area contributed by atoms with E-state index in [-0.39, 0.29) is 24.0 Å². The highest BCUT2D eigenvalue weighted by molar-refractivity contribution is 14.0. The van der Waals surface area contributed by atoms with E-state index in [0.717, 1.165) is 51.0 Å². The third-order valence-electron chi connectivity index (χ3n) is 4.25. The number of guanidine groups is 1. The van der Waals surface area contributed by atoms with Crippen molar-refractivity contribution in [2.45, 2.75) is 19.1 Å². The standard InChI is InChI=1S/C18H30N4OS.HI/c1-5-19-18(20-14-15(2)24-4)22-12-10-21(11-13-22)16-6-8-17(23-3)9-7-16;/h6-9,15H,5,10-14H2,1-4H3,(H,19,20);1H. The van der Waals surface area contributed by atoms with E-state index >= 15 is 0 Å². The number of rotatable bonds is 6. The van der Waals surface area contributed by atoms with Crippen LogP contribution in [0.5, 0.6) is 5.75 Å². The SMILES string of the molecule is CCNC(=NCC(C)SC)N1CCN(c2ccc(OC)cc2)CC1.I. The van der Waals surface area contributed by atoms with Crippen LogP contribution in [0.25, 0.3) is 0 Å². The van der Waals surface area contributed by atoms with Gasteiger partial charge in [0.05, 0.1) is 13.7 Å². The number of methoxy groups -OCH3 is 1. The number of nitrogens with one attached hydrogen (secondary N) is 1. The van der Waals surface area contributed by atoms with E-state index in [1.165, 1.54) is 5.69 Å². The van der Waals surface area contributed by atoms with Gasteiger partial charge < -0.3 is 19.9 Å². The predicted octanol–water partition coefficient (Wildman–Crippen LogP) is 3.15. The number of anilines is 1. The Bertz CT molecular complexity index is 518. The number of benzene rings is 1. The van der Waals surface area contributed by atoms with Crippen LogP contribution in [0, 0.1) is 0 Å². The first-order valence-corrected chi connectivity index (χ1v) is 9.91. The van der Waals surface area contributed by atoms with Crippen molar-refractivity contribution in [1.29, 1.82) is 0 Å². The van der Waals surface area contributed by atoms with Gasteiger partial charge in [0.2, 0.25) is 0 Å². The van der Waals surface area contributed by atoms with E-state index in [1.54, 1.807) is 7.11 Å². The molecule has 5 nitrogen and oxygen atoms in total. The quantitative estimate of drug-likeness (QED) is 0.387. The first-order valence-electron chi connectivity index (χ1n) is 8.63. The Morgan fingerprint density at radius 2 is 1.88 bits per heavy atom. The molecule has 1 heterocycles. The second kappa shape index (κ2) is 11.7. The lowest BCUT2D eigenvalue weighted by Gasteiger charge is -2.37. The normalized spacial score (nSPS) is 16.2. The molecule has 1 N–H and O–H groups in total. The summed E-state index contributed by atoms with van der Waals surface area (Å²) in [6, 6.07) is 8.32. The first-order chi connectivity index (χ1) is 11.7. The molecule has 7 heteroatoms. The first kappa shape index (κ1) is 22.2. The van der Waals surface area contributed by atoms with Gasteiger partial charge in [0.1, 0.15) is 5.75 Å². The molecule has 25 heavy (non-hydrogen) atoms. The highest BCUT2D eigenvalue weighted by Gasteiger charge is 2.20. The summed E-state index contributed by atoms with van der Waals surface area (Å²) >= 11 is 1.86. The lowest BCUT2D eigenvalue weighted by Crippen LogP contribution is -2.52. The van der Waals surface area contributed by atoms with Crippen LogP contribution in [-0.2, 0) is 0 Å². The topological polar surface area (TPSA) is 40.1 Å². The highest BCUT2D eigenvalue weighted by Crippen LogP contribution is 2.20. The van der Waals surface area contributed by atoms with Crippen LogP contribution in [0.15, 0.2) is 29.3 Å². The molecule has 1 aromatic carbocycles. The summed E-state index contributed by atoms with van der Waals surface area (Å²) in [5.74, 6) is 1.95. The number of nitrogens with zero attached hydrogens (tertiary/aromatic N) is 3. The summed E-state index contributed by atoms with van der Waals surface area (Å²) in [6.45, 7) is 10.1. The Labute approximate surface area is 173 Å². The molecule has 1 aromatic rings. The van der Waals surface area contributed by atoms with Crippen LogP contribution in [0.4, 0.5) is 5.69 Å². The summed E-state index contributed by atoms with van der Waals surface area (Å²) < 4.78 is 5.23. The van der Waals surface area contributed by atoms with Crippen LogP contribution in [0.2, 0.25) is 0 Å². The summed E-state index contributed by atoms with van der Waals surface area (Å²) in [7, 11) is 1.70. The number of thioether (sulfide) groups is 1. The van der Waals surface area contributed by atoms with E-state index in [4.69, 9.17) is 9.73 Å². The van der Waals surface area contributed by atoms with Crippen molar-refractivity contribution < 1.29 is 4.74 Å². The Morgan fingerprint density at radius 3 is 2.40 bits per heavy atom. The molecule has 1 aliphatic rings. The molecule has 1 fully saturated rings. The molecule has 1 atom stereocenters. The maximum Gasteiger partial charge on any atom is 0.194 e. The molecule has 0 aliphatic carbocycles. The van der Waals surface area contributed by atoms with E-state index in [1.807, 2.05) is 23.9 Å². The van der Waals surface area contributed by atoms with Crippen molar-refractivity contribution in [2.75, 3.05) is 57.5 Å². The second-order valence-electron chi connectivity index (χ2n) is 5.91. The zero-order valence-electron chi connectivity index (χ0n) is 15.7. The minimum atomic E-state index is 0. The molecule has 2 rings (SSSR count). The van der Waals surface area contributed by atoms with Crippen molar-refractivity contribution in [2.24, 2.45) is 4.99 Å². The van der Waals surface area contributed by atoms with Gasteiger partial charge >= 0.3 is 0 Å². The fourth-order valence-corrected chi connectivity index (χ4v) is 2.91. The van der Waals surface area contributed by atoms with E-state index in [0.29, 0.717) is 5.25 Å². The Hall–Kier alpha value is -0.830. The molecular formula is C18H31IN4OS.